The topological polar surface area (TPSA) is 170 Å². The zero-order valence-corrected chi connectivity index (χ0v) is 23.2. The number of nitrogens with two attached hydrogens (primary N) is 1. The Balaban J connectivity index is 1.32. The number of hydrogen-bond acceptors (Lipinski definition) is 11. The Kier molecular flexibility index (Phi) is 8.83. The molecule has 14 heteroatoms. The Morgan fingerprint density at radius 2 is 1.95 bits per heavy atom. The van der Waals surface area contributed by atoms with Crippen molar-refractivity contribution in [3.63, 3.8) is 0 Å². The fourth-order valence-corrected chi connectivity index (χ4v) is 5.32. The fraction of sp³-hybridized carbons (Fsp3) is 0.480. The van der Waals surface area contributed by atoms with Crippen molar-refractivity contribution in [1.82, 2.24) is 24.8 Å². The highest BCUT2D eigenvalue weighted by atomic mass is 31.2. The van der Waals surface area contributed by atoms with Crippen molar-refractivity contribution < 1.29 is 32.7 Å². The van der Waals surface area contributed by atoms with Crippen molar-refractivity contribution in [3.8, 4) is 5.75 Å². The standard InChI is InChI=1S/C25H33N6O7P/c1-15(2)16(3)24(32)30-20(25(33)35-4)9-17-5-7-18(8-6-17)38-39(34)14-36-19(11-37-39)10-31-13-29-21-22(26)27-12-28-23(21)31/h5-8,12-13,15-16,19-20H,9-11,14H2,1-4H3,(H,30,32)(H2,26,27,28)/t16-,19-,20-,39?/m0/s1. The van der Waals surface area contributed by atoms with Crippen molar-refractivity contribution in [2.24, 2.45) is 11.8 Å². The number of nitrogens with zero attached hydrogens (tertiary/aromatic N) is 4. The van der Waals surface area contributed by atoms with Crippen LogP contribution in [0.2, 0.25) is 0 Å². The Hall–Kier alpha value is -3.54. The maximum Gasteiger partial charge on any atom is 0.404 e. The maximum atomic E-state index is 13.1. The summed E-state index contributed by atoms with van der Waals surface area (Å²) in [6.45, 7) is 6.11. The van der Waals surface area contributed by atoms with Crippen molar-refractivity contribution in [1.29, 1.82) is 0 Å². The van der Waals surface area contributed by atoms with E-state index in [1.807, 2.05) is 20.8 Å². The van der Waals surface area contributed by atoms with E-state index in [9.17, 15) is 14.2 Å². The van der Waals surface area contributed by atoms with Gasteiger partial charge in [-0.05, 0) is 23.6 Å². The molecule has 1 fully saturated rings. The number of hydrogen-bond donors (Lipinski definition) is 2. The molecule has 1 unspecified atom stereocenters. The highest BCUT2D eigenvalue weighted by molar-refractivity contribution is 7.54. The van der Waals surface area contributed by atoms with Crippen LogP contribution < -0.4 is 15.6 Å². The number of methoxy groups -OCH3 is 1. The maximum absolute atomic E-state index is 13.1. The van der Waals surface area contributed by atoms with E-state index in [2.05, 4.69) is 20.3 Å². The fourth-order valence-electron chi connectivity index (χ4n) is 3.91. The summed E-state index contributed by atoms with van der Waals surface area (Å²) in [6.07, 6.45) is 2.55. The van der Waals surface area contributed by atoms with Crippen molar-refractivity contribution >= 4 is 36.5 Å². The van der Waals surface area contributed by atoms with E-state index in [4.69, 9.17) is 24.3 Å². The predicted molar refractivity (Wildman–Crippen MR) is 142 cm³/mol. The highest BCUT2D eigenvalue weighted by Crippen LogP contribution is 2.51. The summed E-state index contributed by atoms with van der Waals surface area (Å²) in [5.74, 6) is -0.271. The van der Waals surface area contributed by atoms with E-state index in [1.54, 1.807) is 35.2 Å². The number of imidazole rings is 1. The average Bonchev–Trinajstić information content (AvgIpc) is 3.33. The number of rotatable bonds is 10. The molecule has 3 aromatic rings. The second kappa shape index (κ2) is 12.1. The lowest BCUT2D eigenvalue weighted by Gasteiger charge is -2.29. The number of esters is 1. The van der Waals surface area contributed by atoms with Gasteiger partial charge in [0.25, 0.3) is 0 Å². The molecule has 3 N–H and O–H groups in total. The number of anilines is 1. The molecule has 3 heterocycles. The first-order valence-corrected chi connectivity index (χ1v) is 14.2. The van der Waals surface area contributed by atoms with Crippen LogP contribution in [0.3, 0.4) is 0 Å². The smallest absolute Gasteiger partial charge is 0.404 e. The van der Waals surface area contributed by atoms with E-state index in [0.29, 0.717) is 23.5 Å². The summed E-state index contributed by atoms with van der Waals surface area (Å²) < 4.78 is 36.8. The third-order valence-electron chi connectivity index (χ3n) is 6.58. The molecule has 210 valence electrons. The van der Waals surface area contributed by atoms with Gasteiger partial charge in [-0.3, -0.25) is 9.32 Å². The molecule has 1 aromatic carbocycles. The van der Waals surface area contributed by atoms with Crippen LogP contribution in [0.1, 0.15) is 26.3 Å². The molecule has 1 amide bonds. The minimum absolute atomic E-state index is 0.0465. The number of benzene rings is 1. The summed E-state index contributed by atoms with van der Waals surface area (Å²) in [7, 11) is -2.27. The Morgan fingerprint density at radius 3 is 2.59 bits per heavy atom. The van der Waals surface area contributed by atoms with Gasteiger partial charge in [-0.25, -0.2) is 24.3 Å². The zero-order chi connectivity index (χ0) is 28.2. The Labute approximate surface area is 225 Å². The van der Waals surface area contributed by atoms with Crippen LogP contribution in [0.15, 0.2) is 36.9 Å². The molecule has 1 aliphatic rings. The molecule has 4 atom stereocenters. The number of carbonyl (C=O) groups is 2. The van der Waals surface area contributed by atoms with Crippen LogP contribution in [0.25, 0.3) is 11.2 Å². The summed E-state index contributed by atoms with van der Waals surface area (Å²) >= 11 is 0. The van der Waals surface area contributed by atoms with Gasteiger partial charge in [0.2, 0.25) is 5.91 Å². The normalized spacial score (nSPS) is 20.9. The third kappa shape index (κ3) is 6.92. The number of amides is 1. The predicted octanol–water partition coefficient (Wildman–Crippen LogP) is 2.55. The Bertz CT molecular complexity index is 1350. The monoisotopic (exact) mass is 560 g/mol. The van der Waals surface area contributed by atoms with E-state index in [0.717, 1.165) is 5.56 Å². The van der Waals surface area contributed by atoms with E-state index < -0.39 is 25.7 Å². The molecule has 4 rings (SSSR count). The second-order valence-corrected chi connectivity index (χ2v) is 11.6. The molecular formula is C25H33N6O7P. The van der Waals surface area contributed by atoms with Gasteiger partial charge in [0.05, 0.1) is 26.6 Å². The summed E-state index contributed by atoms with van der Waals surface area (Å²) in [6, 6.07) is 5.86. The molecule has 2 aromatic heterocycles. The van der Waals surface area contributed by atoms with Gasteiger partial charge in [-0.15, -0.1) is 0 Å². The van der Waals surface area contributed by atoms with E-state index in [-0.39, 0.29) is 42.9 Å². The number of nitrogen functional groups attached to an aromatic ring is 1. The molecule has 13 nitrogen and oxygen atoms in total. The summed E-state index contributed by atoms with van der Waals surface area (Å²) in [5.41, 5.74) is 7.65. The first-order chi connectivity index (χ1) is 18.6. The zero-order valence-electron chi connectivity index (χ0n) is 22.3. The molecule has 0 radical (unpaired) electrons. The van der Waals surface area contributed by atoms with Crippen LogP contribution in [0, 0.1) is 11.8 Å². The number of nitrogens with one attached hydrogen (secondary N) is 1. The average molecular weight is 561 g/mol. The van der Waals surface area contributed by atoms with Crippen LogP contribution in [0.4, 0.5) is 5.82 Å². The minimum atomic E-state index is -3.55. The SMILES string of the molecule is COC(=O)[C@H](Cc1ccc(OP2(=O)CO[C@@H](Cn3cnc4c(N)ncnc43)CO2)cc1)NC(=O)[C@@H](C)C(C)C. The number of carbonyl (C=O) groups excluding carboxylic acids is 2. The summed E-state index contributed by atoms with van der Waals surface area (Å²) in [5, 5.41) is 2.77. The lowest BCUT2D eigenvalue weighted by molar-refractivity contribution is -0.145. The number of aromatic nitrogens is 4. The van der Waals surface area contributed by atoms with Gasteiger partial charge in [-0.2, -0.15) is 0 Å². The highest BCUT2D eigenvalue weighted by Gasteiger charge is 2.35. The first-order valence-electron chi connectivity index (χ1n) is 12.5. The lowest BCUT2D eigenvalue weighted by Crippen LogP contribution is -2.45. The molecule has 0 aliphatic carbocycles. The molecule has 1 aliphatic heterocycles. The van der Waals surface area contributed by atoms with Gasteiger partial charge in [0, 0.05) is 12.3 Å². The summed E-state index contributed by atoms with van der Waals surface area (Å²) in [4.78, 5) is 37.1. The third-order valence-corrected chi connectivity index (χ3v) is 8.08. The van der Waals surface area contributed by atoms with Gasteiger partial charge in [0.1, 0.15) is 29.7 Å². The Morgan fingerprint density at radius 1 is 1.21 bits per heavy atom. The van der Waals surface area contributed by atoms with Gasteiger partial charge in [0.15, 0.2) is 17.8 Å². The number of fused-ring (bicyclic) bond motifs is 1. The van der Waals surface area contributed by atoms with Gasteiger partial charge in [-0.1, -0.05) is 32.9 Å². The van der Waals surface area contributed by atoms with E-state index in [1.165, 1.54) is 13.4 Å². The van der Waals surface area contributed by atoms with Crippen LogP contribution in [0.5, 0.6) is 5.75 Å². The molecule has 0 saturated carbocycles. The lowest BCUT2D eigenvalue weighted by atomic mass is 9.96. The van der Waals surface area contributed by atoms with Crippen molar-refractivity contribution in [2.45, 2.75) is 45.9 Å². The van der Waals surface area contributed by atoms with Gasteiger partial charge < -0.3 is 29.6 Å². The van der Waals surface area contributed by atoms with Crippen LogP contribution >= 0.6 is 7.60 Å². The molecule has 0 spiro atoms. The van der Waals surface area contributed by atoms with Crippen LogP contribution in [-0.4, -0.2) is 63.6 Å². The first kappa shape index (κ1) is 28.5. The molecule has 39 heavy (non-hydrogen) atoms. The largest absolute Gasteiger partial charge is 0.467 e. The van der Waals surface area contributed by atoms with Gasteiger partial charge >= 0.3 is 13.6 Å². The quantitative estimate of drug-likeness (QED) is 0.276. The number of ether oxygens (including phenoxy) is 2. The molecule has 0 bridgehead atoms. The molecule has 1 saturated heterocycles. The van der Waals surface area contributed by atoms with Crippen LogP contribution in [-0.2, 0) is 41.1 Å². The second-order valence-electron chi connectivity index (χ2n) is 9.71. The van der Waals surface area contributed by atoms with Crippen molar-refractivity contribution in [3.05, 3.63) is 42.5 Å². The minimum Gasteiger partial charge on any atom is -0.467 e. The molecular weight excluding hydrogens is 527 g/mol. The van der Waals surface area contributed by atoms with E-state index >= 15 is 0 Å². The van der Waals surface area contributed by atoms with Crippen molar-refractivity contribution in [2.75, 3.05) is 25.8 Å².